The van der Waals surface area contributed by atoms with Crippen LogP contribution in [0.1, 0.15) is 63.8 Å². The third kappa shape index (κ3) is 4.65. The summed E-state index contributed by atoms with van der Waals surface area (Å²) in [7, 11) is 1.66. The number of benzene rings is 2. The van der Waals surface area contributed by atoms with Crippen LogP contribution in [-0.4, -0.2) is 28.6 Å². The third-order valence-corrected chi connectivity index (χ3v) is 8.16. The van der Waals surface area contributed by atoms with E-state index in [1.54, 1.807) is 13.2 Å². The van der Waals surface area contributed by atoms with Crippen LogP contribution in [0.5, 0.6) is 5.75 Å². The van der Waals surface area contributed by atoms with Gasteiger partial charge in [0, 0.05) is 17.7 Å². The molecule has 2 saturated carbocycles. The molecule has 1 amide bonds. The lowest BCUT2D eigenvalue weighted by molar-refractivity contribution is -0.126. The summed E-state index contributed by atoms with van der Waals surface area (Å²) >= 11 is 12.6. The zero-order valence-corrected chi connectivity index (χ0v) is 21.0. The van der Waals surface area contributed by atoms with Gasteiger partial charge < -0.3 is 14.6 Å². The maximum Gasteiger partial charge on any atom is 0.243 e. The van der Waals surface area contributed by atoms with Crippen molar-refractivity contribution in [1.82, 2.24) is 14.9 Å². The summed E-state index contributed by atoms with van der Waals surface area (Å²) in [5.74, 6) is 1.83. The average molecular weight is 500 g/mol. The minimum absolute atomic E-state index is 0.0993. The molecule has 1 heterocycles. The van der Waals surface area contributed by atoms with Crippen LogP contribution in [-0.2, 0) is 4.79 Å². The second-order valence-electron chi connectivity index (χ2n) is 9.62. The second kappa shape index (κ2) is 10.2. The Balaban J connectivity index is 1.66. The van der Waals surface area contributed by atoms with E-state index in [0.717, 1.165) is 66.7 Å². The minimum atomic E-state index is -0.342. The van der Waals surface area contributed by atoms with Gasteiger partial charge in [0.2, 0.25) is 5.91 Å². The van der Waals surface area contributed by atoms with E-state index >= 15 is 0 Å². The van der Waals surface area contributed by atoms with Crippen LogP contribution in [0.4, 0.5) is 0 Å². The van der Waals surface area contributed by atoms with Crippen molar-refractivity contribution < 1.29 is 9.53 Å². The first-order valence-electron chi connectivity index (χ1n) is 12.4. The summed E-state index contributed by atoms with van der Waals surface area (Å²) in [6.07, 6.45) is 10.1. The Labute approximate surface area is 210 Å². The van der Waals surface area contributed by atoms with Crippen LogP contribution in [0.2, 0.25) is 10.0 Å². The first kappa shape index (κ1) is 23.5. The molecule has 2 fully saturated rings. The summed E-state index contributed by atoms with van der Waals surface area (Å²) in [6, 6.07) is 11.3. The fourth-order valence-electron chi connectivity index (χ4n) is 5.67. The van der Waals surface area contributed by atoms with Crippen molar-refractivity contribution >= 4 is 40.1 Å². The molecule has 34 heavy (non-hydrogen) atoms. The molecule has 1 unspecified atom stereocenters. The highest BCUT2D eigenvalue weighted by molar-refractivity contribution is 6.42. The molecule has 0 aliphatic heterocycles. The van der Waals surface area contributed by atoms with Gasteiger partial charge in [-0.1, -0.05) is 55.3 Å². The SMILES string of the molecule is COc1ccc2nc(-c3ccc(Cl)c(Cl)c3)n(C(C(=O)NC3CCCCC3)C3CCCC3)c2c1. The predicted octanol–water partition coefficient (Wildman–Crippen LogP) is 7.20. The van der Waals surface area contributed by atoms with E-state index < -0.39 is 0 Å². The first-order chi connectivity index (χ1) is 16.5. The number of nitrogens with zero attached hydrogens (tertiary/aromatic N) is 2. The quantitative estimate of drug-likeness (QED) is 0.390. The van der Waals surface area contributed by atoms with E-state index in [1.165, 1.54) is 19.3 Å². The molecular weight excluding hydrogens is 469 g/mol. The second-order valence-corrected chi connectivity index (χ2v) is 10.4. The Bertz CT molecular complexity index is 1180. The number of ether oxygens (including phenoxy) is 1. The van der Waals surface area contributed by atoms with Gasteiger partial charge in [-0.3, -0.25) is 4.79 Å². The molecule has 3 aromatic rings. The highest BCUT2D eigenvalue weighted by Crippen LogP contribution is 2.41. The molecule has 1 N–H and O–H groups in total. The average Bonchev–Trinajstić information content (AvgIpc) is 3.50. The Hall–Kier alpha value is -2.24. The van der Waals surface area contributed by atoms with Gasteiger partial charge in [-0.2, -0.15) is 0 Å². The van der Waals surface area contributed by atoms with Gasteiger partial charge in [0.15, 0.2) is 0 Å². The minimum Gasteiger partial charge on any atom is -0.497 e. The molecule has 2 aliphatic carbocycles. The van der Waals surface area contributed by atoms with Crippen molar-refractivity contribution in [3.8, 4) is 17.1 Å². The number of imidazole rings is 1. The number of aromatic nitrogens is 2. The fraction of sp³-hybridized carbons (Fsp3) is 0.481. The van der Waals surface area contributed by atoms with E-state index in [9.17, 15) is 4.79 Å². The number of fused-ring (bicyclic) bond motifs is 1. The normalized spacial score (nSPS) is 18.3. The van der Waals surface area contributed by atoms with Gasteiger partial charge >= 0.3 is 0 Å². The summed E-state index contributed by atoms with van der Waals surface area (Å²) in [5.41, 5.74) is 2.57. The molecule has 5 rings (SSSR count). The van der Waals surface area contributed by atoms with Crippen LogP contribution >= 0.6 is 23.2 Å². The molecule has 0 spiro atoms. The van der Waals surface area contributed by atoms with Crippen LogP contribution in [0.3, 0.4) is 0 Å². The van der Waals surface area contributed by atoms with Crippen molar-refractivity contribution in [2.24, 2.45) is 5.92 Å². The lowest BCUT2D eigenvalue weighted by atomic mass is 9.93. The molecule has 2 aromatic carbocycles. The van der Waals surface area contributed by atoms with Gasteiger partial charge in [0.1, 0.15) is 17.6 Å². The Morgan fingerprint density at radius 1 is 1.00 bits per heavy atom. The topological polar surface area (TPSA) is 56.2 Å². The summed E-state index contributed by atoms with van der Waals surface area (Å²) in [5, 5.41) is 4.38. The highest BCUT2D eigenvalue weighted by Gasteiger charge is 2.36. The van der Waals surface area contributed by atoms with Crippen LogP contribution in [0.15, 0.2) is 36.4 Å². The molecular formula is C27H31Cl2N3O2. The van der Waals surface area contributed by atoms with Crippen molar-refractivity contribution in [3.05, 3.63) is 46.4 Å². The van der Waals surface area contributed by atoms with Crippen LogP contribution in [0.25, 0.3) is 22.4 Å². The number of carbonyl (C=O) groups excluding carboxylic acids is 1. The lowest BCUT2D eigenvalue weighted by Crippen LogP contribution is -2.43. The highest BCUT2D eigenvalue weighted by atomic mass is 35.5. The molecule has 180 valence electrons. The monoisotopic (exact) mass is 499 g/mol. The zero-order valence-electron chi connectivity index (χ0n) is 19.5. The number of hydrogen-bond acceptors (Lipinski definition) is 3. The molecule has 2 aliphatic rings. The summed E-state index contributed by atoms with van der Waals surface area (Å²) in [6.45, 7) is 0. The lowest BCUT2D eigenvalue weighted by Gasteiger charge is -2.30. The van der Waals surface area contributed by atoms with Crippen molar-refractivity contribution in [2.45, 2.75) is 69.9 Å². The van der Waals surface area contributed by atoms with Crippen molar-refractivity contribution in [1.29, 1.82) is 0 Å². The van der Waals surface area contributed by atoms with Crippen molar-refractivity contribution in [3.63, 3.8) is 0 Å². The van der Waals surface area contributed by atoms with E-state index in [0.29, 0.717) is 10.0 Å². The van der Waals surface area contributed by atoms with Gasteiger partial charge in [-0.25, -0.2) is 4.98 Å². The fourth-order valence-corrected chi connectivity index (χ4v) is 5.97. The number of amides is 1. The van der Waals surface area contributed by atoms with Crippen LogP contribution < -0.4 is 10.1 Å². The van der Waals surface area contributed by atoms with Crippen LogP contribution in [0, 0.1) is 5.92 Å². The molecule has 7 heteroatoms. The maximum atomic E-state index is 14.0. The smallest absolute Gasteiger partial charge is 0.243 e. The molecule has 0 saturated heterocycles. The molecule has 0 bridgehead atoms. The van der Waals surface area contributed by atoms with E-state index in [-0.39, 0.29) is 23.9 Å². The Morgan fingerprint density at radius 3 is 2.44 bits per heavy atom. The molecule has 1 aromatic heterocycles. The number of carbonyl (C=O) groups is 1. The van der Waals surface area contributed by atoms with Gasteiger partial charge in [0.25, 0.3) is 0 Å². The maximum absolute atomic E-state index is 14.0. The largest absolute Gasteiger partial charge is 0.497 e. The zero-order chi connectivity index (χ0) is 23.7. The predicted molar refractivity (Wildman–Crippen MR) is 138 cm³/mol. The van der Waals surface area contributed by atoms with Gasteiger partial charge in [-0.15, -0.1) is 0 Å². The standard InChI is InChI=1S/C27H31Cl2N3O2/c1-34-20-12-14-23-24(16-20)32(26(31-23)18-11-13-21(28)22(29)15-18)25(17-7-5-6-8-17)27(33)30-19-9-3-2-4-10-19/h11-17,19,25H,2-10H2,1H3,(H,30,33). The molecule has 0 radical (unpaired) electrons. The third-order valence-electron chi connectivity index (χ3n) is 7.42. The number of hydrogen-bond donors (Lipinski definition) is 1. The number of nitrogens with one attached hydrogen (secondary N) is 1. The first-order valence-corrected chi connectivity index (χ1v) is 13.1. The Kier molecular flexibility index (Phi) is 7.03. The number of halogens is 2. The van der Waals surface area contributed by atoms with E-state index in [4.69, 9.17) is 32.9 Å². The van der Waals surface area contributed by atoms with E-state index in [2.05, 4.69) is 9.88 Å². The number of rotatable bonds is 6. The van der Waals surface area contributed by atoms with E-state index in [1.807, 2.05) is 30.3 Å². The van der Waals surface area contributed by atoms with Gasteiger partial charge in [0.05, 0.1) is 28.2 Å². The van der Waals surface area contributed by atoms with Crippen molar-refractivity contribution in [2.75, 3.05) is 7.11 Å². The summed E-state index contributed by atoms with van der Waals surface area (Å²) in [4.78, 5) is 18.9. The summed E-state index contributed by atoms with van der Waals surface area (Å²) < 4.78 is 7.66. The molecule has 5 nitrogen and oxygen atoms in total. The number of methoxy groups -OCH3 is 1. The van der Waals surface area contributed by atoms with Gasteiger partial charge in [-0.05, 0) is 61.9 Å². The molecule has 1 atom stereocenters. The Morgan fingerprint density at radius 2 is 1.74 bits per heavy atom.